The van der Waals surface area contributed by atoms with Crippen LogP contribution in [0.25, 0.3) is 0 Å². The van der Waals surface area contributed by atoms with Gasteiger partial charge in [-0.2, -0.15) is 0 Å². The molecule has 0 aliphatic carbocycles. The summed E-state index contributed by atoms with van der Waals surface area (Å²) in [7, 11) is 6.88. The normalized spacial score (nSPS) is 43.1. The number of esters is 1. The van der Waals surface area contributed by atoms with Gasteiger partial charge in [0.25, 0.3) is 0 Å². The second-order valence-corrected chi connectivity index (χ2v) is 14.3. The third-order valence-electron chi connectivity index (χ3n) is 10.2. The number of cyclic esters (lactones) is 1. The molecule has 0 aromatic rings. The van der Waals surface area contributed by atoms with Gasteiger partial charge in [0.15, 0.2) is 12.6 Å². The Morgan fingerprint density at radius 3 is 2.14 bits per heavy atom. The zero-order valence-corrected chi connectivity index (χ0v) is 31.1. The number of methoxy groups -OCH3 is 2. The maximum absolute atomic E-state index is 13.3. The van der Waals surface area contributed by atoms with Crippen LogP contribution in [0.3, 0.4) is 0 Å². The summed E-state index contributed by atoms with van der Waals surface area (Å²) in [5, 5.41) is 32.8. The summed E-state index contributed by atoms with van der Waals surface area (Å²) in [6, 6.07) is -0.126. The van der Waals surface area contributed by atoms with Gasteiger partial charge in [-0.3, -0.25) is 0 Å². The lowest BCUT2D eigenvalue weighted by molar-refractivity contribution is -0.304. The highest BCUT2D eigenvalue weighted by atomic mass is 16.7. The summed E-state index contributed by atoms with van der Waals surface area (Å²) in [6.07, 6.45) is 5.23. The summed E-state index contributed by atoms with van der Waals surface area (Å²) in [4.78, 5) is 15.3. The largest absolute Gasteiger partial charge is 0.459 e. The van der Waals surface area contributed by atoms with Crippen LogP contribution < -0.4 is 0 Å². The maximum atomic E-state index is 13.3. The van der Waals surface area contributed by atoms with Gasteiger partial charge in [0, 0.05) is 38.2 Å². The Balaban J connectivity index is 1.85. The van der Waals surface area contributed by atoms with Crippen LogP contribution in [0.4, 0.5) is 0 Å². The molecule has 0 saturated carbocycles. The predicted octanol–water partition coefficient (Wildman–Crippen LogP) is 3.23. The van der Waals surface area contributed by atoms with Crippen molar-refractivity contribution in [3.63, 3.8) is 0 Å². The summed E-state index contributed by atoms with van der Waals surface area (Å²) in [6.45, 7) is 11.8. The van der Waals surface area contributed by atoms with Gasteiger partial charge in [0.05, 0.1) is 31.0 Å². The molecule has 12 nitrogen and oxygen atoms in total. The second-order valence-electron chi connectivity index (χ2n) is 14.3. The minimum absolute atomic E-state index is 0.0487. The zero-order chi connectivity index (χ0) is 36.4. The van der Waals surface area contributed by atoms with Gasteiger partial charge in [-0.1, -0.05) is 58.1 Å². The minimum atomic E-state index is -0.887. The molecular weight excluding hydrogens is 634 g/mol. The molecule has 0 amide bonds. The highest BCUT2D eigenvalue weighted by molar-refractivity contribution is 5.82. The van der Waals surface area contributed by atoms with Crippen molar-refractivity contribution in [2.75, 3.05) is 34.9 Å². The average molecular weight is 698 g/mol. The van der Waals surface area contributed by atoms with E-state index in [2.05, 4.69) is 6.92 Å². The molecule has 2 fully saturated rings. The third-order valence-corrected chi connectivity index (χ3v) is 10.2. The average Bonchev–Trinajstić information content (AvgIpc) is 3.06. The fraction of sp³-hybridized carbons (Fsp3) is 0.811. The van der Waals surface area contributed by atoms with E-state index in [-0.39, 0.29) is 42.4 Å². The van der Waals surface area contributed by atoms with Crippen LogP contribution >= 0.6 is 0 Å². The monoisotopic (exact) mass is 697 g/mol. The molecule has 3 rings (SSSR count). The van der Waals surface area contributed by atoms with Crippen LogP contribution in [0.5, 0.6) is 0 Å². The Labute approximate surface area is 293 Å². The van der Waals surface area contributed by atoms with Gasteiger partial charge in [-0.05, 0) is 59.0 Å². The van der Waals surface area contributed by atoms with E-state index in [0.717, 1.165) is 0 Å². The lowest BCUT2D eigenvalue weighted by Crippen LogP contribution is -2.59. The molecule has 0 aromatic heterocycles. The van der Waals surface area contributed by atoms with Crippen molar-refractivity contribution >= 4 is 5.97 Å². The molecule has 49 heavy (non-hydrogen) atoms. The Morgan fingerprint density at radius 1 is 0.837 bits per heavy atom. The molecule has 0 bridgehead atoms. The molecule has 2 saturated heterocycles. The standard InChI is InChI=1S/C37H63NO11/c1-11-29-26(20-45-37-35(44-10)34(43-9)31(41)25(6)47-37)14-12-13-15-28(39)22(3)18-23(4)33(21(2)16-17-30(40)48-29)49-36-32(42)27(38(7)8)19-24(5)46-36/h12-17,21-29,31-37,39,41-42H,11,18-20H2,1-10H3/t21-,22+,23+,24+,25?,26+,27?,28?,29+,31-,32?,33+,34-,35-,36-,37+/m0/s1. The molecule has 3 aliphatic heterocycles. The molecule has 0 spiro atoms. The molecule has 4 unspecified atom stereocenters. The topological polar surface area (TPSA) is 146 Å². The van der Waals surface area contributed by atoms with E-state index < -0.39 is 67.4 Å². The predicted molar refractivity (Wildman–Crippen MR) is 184 cm³/mol. The summed E-state index contributed by atoms with van der Waals surface area (Å²) >= 11 is 0. The first kappa shape index (κ1) is 41.7. The summed E-state index contributed by atoms with van der Waals surface area (Å²) in [5.74, 6) is -1.27. The van der Waals surface area contributed by atoms with Gasteiger partial charge in [-0.25, -0.2) is 4.79 Å². The van der Waals surface area contributed by atoms with Gasteiger partial charge >= 0.3 is 5.97 Å². The zero-order valence-electron chi connectivity index (χ0n) is 31.1. The fourth-order valence-corrected chi connectivity index (χ4v) is 7.15. The van der Waals surface area contributed by atoms with Crippen LogP contribution in [0, 0.1) is 23.7 Å². The van der Waals surface area contributed by atoms with Gasteiger partial charge in [0.2, 0.25) is 0 Å². The summed E-state index contributed by atoms with van der Waals surface area (Å²) < 4.78 is 41.9. The molecule has 16 atom stereocenters. The Kier molecular flexibility index (Phi) is 16.8. The van der Waals surface area contributed by atoms with Crippen molar-refractivity contribution < 1.29 is 53.3 Å². The van der Waals surface area contributed by atoms with Crippen LogP contribution in [-0.2, 0) is 38.0 Å². The van der Waals surface area contributed by atoms with Crippen molar-refractivity contribution in [3.8, 4) is 0 Å². The summed E-state index contributed by atoms with van der Waals surface area (Å²) in [5.41, 5.74) is 0. The number of hydrogen-bond acceptors (Lipinski definition) is 12. The quantitative estimate of drug-likeness (QED) is 0.304. The smallest absolute Gasteiger partial charge is 0.330 e. The molecule has 3 aliphatic rings. The van der Waals surface area contributed by atoms with Gasteiger partial charge < -0.3 is 53.4 Å². The minimum Gasteiger partial charge on any atom is -0.459 e. The third kappa shape index (κ3) is 11.4. The van der Waals surface area contributed by atoms with E-state index in [1.807, 2.05) is 58.8 Å². The number of ether oxygens (including phenoxy) is 7. The van der Waals surface area contributed by atoms with Crippen molar-refractivity contribution in [2.24, 2.45) is 23.7 Å². The first-order valence-electron chi connectivity index (χ1n) is 17.8. The lowest BCUT2D eigenvalue weighted by Gasteiger charge is -2.43. The molecule has 282 valence electrons. The number of rotatable bonds is 9. The number of nitrogens with zero attached hydrogens (tertiary/aromatic N) is 1. The Hall–Kier alpha value is -1.71. The van der Waals surface area contributed by atoms with Crippen molar-refractivity contribution in [3.05, 3.63) is 36.5 Å². The maximum Gasteiger partial charge on any atom is 0.330 e. The van der Waals surface area contributed by atoms with E-state index in [0.29, 0.717) is 19.3 Å². The molecule has 3 N–H and O–H groups in total. The number of carbonyl (C=O) groups is 1. The Morgan fingerprint density at radius 2 is 1.51 bits per heavy atom. The van der Waals surface area contributed by atoms with Gasteiger partial charge in [0.1, 0.15) is 30.5 Å². The van der Waals surface area contributed by atoms with Crippen molar-refractivity contribution in [2.45, 2.75) is 134 Å². The van der Waals surface area contributed by atoms with Crippen LogP contribution in [0.1, 0.15) is 60.8 Å². The number of hydrogen-bond donors (Lipinski definition) is 3. The number of allylic oxidation sites excluding steroid dienone is 2. The molecule has 12 heteroatoms. The highest BCUT2D eigenvalue weighted by Gasteiger charge is 2.45. The number of aliphatic hydroxyl groups is 3. The van der Waals surface area contributed by atoms with E-state index in [1.54, 1.807) is 25.2 Å². The molecule has 0 aromatic carbocycles. The lowest BCUT2D eigenvalue weighted by atomic mass is 9.84. The first-order valence-corrected chi connectivity index (χ1v) is 17.8. The second kappa shape index (κ2) is 19.8. The van der Waals surface area contributed by atoms with Crippen LogP contribution in [0.2, 0.25) is 0 Å². The molecular formula is C37H63NO11. The van der Waals surface area contributed by atoms with Gasteiger partial charge in [-0.15, -0.1) is 0 Å². The number of carbonyl (C=O) groups excluding carboxylic acids is 1. The van der Waals surface area contributed by atoms with E-state index in [1.165, 1.54) is 20.3 Å². The van der Waals surface area contributed by atoms with Crippen LogP contribution in [0.15, 0.2) is 36.5 Å². The number of aliphatic hydroxyl groups excluding tert-OH is 3. The van der Waals surface area contributed by atoms with E-state index in [4.69, 9.17) is 33.2 Å². The highest BCUT2D eigenvalue weighted by Crippen LogP contribution is 2.32. The van der Waals surface area contributed by atoms with E-state index >= 15 is 0 Å². The SMILES string of the molecule is CC[C@H]1OC(=O)C=C[C@H](C)[C@@H](O[C@@H]2O[C@H](C)CC(N(C)C)C2O)[C@H](C)C[C@@H](C)C(O)C=CC=C[C@@H]1CO[C@@H]1OC(C)[C@H](O)[C@H](OC)[C@@H]1OC. The van der Waals surface area contributed by atoms with Crippen molar-refractivity contribution in [1.82, 2.24) is 4.90 Å². The van der Waals surface area contributed by atoms with Crippen molar-refractivity contribution in [1.29, 1.82) is 0 Å². The number of likely N-dealkylation sites (N-methyl/N-ethyl adjacent to an activating group) is 1. The Bertz CT molecular complexity index is 1080. The molecule has 0 radical (unpaired) electrons. The first-order chi connectivity index (χ1) is 23.2. The van der Waals surface area contributed by atoms with E-state index in [9.17, 15) is 20.1 Å². The van der Waals surface area contributed by atoms with Crippen LogP contribution in [-0.4, -0.2) is 135 Å². The molecule has 3 heterocycles. The fourth-order valence-electron chi connectivity index (χ4n) is 7.15.